The normalized spacial score (nSPS) is 16.5. The fraction of sp³-hybridized carbons (Fsp3) is 0.500. The zero-order valence-electron chi connectivity index (χ0n) is 14.5. The van der Waals surface area contributed by atoms with Gasteiger partial charge >= 0.3 is 0 Å². The standard InChI is InChI=1S/C16H22ClN3O4S/c1-12-4-5-14(17)10-15(12)20(25(3,23)24)13(2)16(22)19-8-6-18(11-21)7-9-19/h4-5,10-11,13H,6-9H2,1-3H3/t13-/m0/s1. The van der Waals surface area contributed by atoms with Crippen LogP contribution in [-0.2, 0) is 19.6 Å². The van der Waals surface area contributed by atoms with E-state index < -0.39 is 16.1 Å². The topological polar surface area (TPSA) is 78.0 Å². The van der Waals surface area contributed by atoms with Gasteiger partial charge in [-0.25, -0.2) is 8.42 Å². The summed E-state index contributed by atoms with van der Waals surface area (Å²) in [5.74, 6) is -0.296. The van der Waals surface area contributed by atoms with Crippen molar-refractivity contribution >= 4 is 39.6 Å². The molecule has 1 aliphatic rings. The Labute approximate surface area is 153 Å². The first-order chi connectivity index (χ1) is 11.6. The first-order valence-corrected chi connectivity index (χ1v) is 10.1. The molecule has 0 unspecified atom stereocenters. The number of rotatable bonds is 5. The van der Waals surface area contributed by atoms with Crippen molar-refractivity contribution in [3.05, 3.63) is 28.8 Å². The summed E-state index contributed by atoms with van der Waals surface area (Å²) in [6, 6.07) is 4.03. The number of piperazine rings is 1. The number of nitrogens with zero attached hydrogens (tertiary/aromatic N) is 3. The minimum atomic E-state index is -3.69. The Morgan fingerprint density at radius 2 is 1.88 bits per heavy atom. The van der Waals surface area contributed by atoms with Crippen LogP contribution in [-0.4, -0.2) is 69.0 Å². The van der Waals surface area contributed by atoms with Gasteiger partial charge in [-0.15, -0.1) is 0 Å². The second-order valence-electron chi connectivity index (χ2n) is 6.13. The van der Waals surface area contributed by atoms with E-state index in [9.17, 15) is 18.0 Å². The number of anilines is 1. The van der Waals surface area contributed by atoms with Crippen LogP contribution in [0.15, 0.2) is 18.2 Å². The quantitative estimate of drug-likeness (QED) is 0.709. The zero-order valence-corrected chi connectivity index (χ0v) is 16.0. The molecule has 0 N–H and O–H groups in total. The number of carbonyl (C=O) groups is 2. The van der Waals surface area contributed by atoms with Crippen LogP contribution < -0.4 is 4.31 Å². The van der Waals surface area contributed by atoms with Gasteiger partial charge in [0.1, 0.15) is 6.04 Å². The van der Waals surface area contributed by atoms with Crippen LogP contribution in [0, 0.1) is 6.92 Å². The van der Waals surface area contributed by atoms with Crippen LogP contribution in [0.25, 0.3) is 0 Å². The maximum atomic E-state index is 12.8. The fourth-order valence-corrected chi connectivity index (χ4v) is 4.29. The largest absolute Gasteiger partial charge is 0.342 e. The lowest BCUT2D eigenvalue weighted by molar-refractivity contribution is -0.135. The van der Waals surface area contributed by atoms with Crippen molar-refractivity contribution in [1.29, 1.82) is 0 Å². The predicted molar refractivity (Wildman–Crippen MR) is 97.2 cm³/mol. The van der Waals surface area contributed by atoms with Crippen molar-refractivity contribution in [3.63, 3.8) is 0 Å². The predicted octanol–water partition coefficient (Wildman–Crippen LogP) is 1.10. The molecule has 1 saturated heterocycles. The molecule has 1 fully saturated rings. The molecular formula is C16H22ClN3O4S. The average molecular weight is 388 g/mol. The summed E-state index contributed by atoms with van der Waals surface area (Å²) in [5, 5.41) is 0.397. The third kappa shape index (κ3) is 4.43. The fourth-order valence-electron chi connectivity index (χ4n) is 2.91. The monoisotopic (exact) mass is 387 g/mol. The summed E-state index contributed by atoms with van der Waals surface area (Å²) in [4.78, 5) is 26.8. The van der Waals surface area contributed by atoms with Crippen LogP contribution in [0.5, 0.6) is 0 Å². The number of amides is 2. The van der Waals surface area contributed by atoms with Gasteiger partial charge in [0.05, 0.1) is 11.9 Å². The van der Waals surface area contributed by atoms with Crippen molar-refractivity contribution < 1.29 is 18.0 Å². The third-order valence-corrected chi connectivity index (χ3v) is 5.71. The molecule has 138 valence electrons. The highest BCUT2D eigenvalue weighted by molar-refractivity contribution is 7.92. The Morgan fingerprint density at radius 1 is 1.28 bits per heavy atom. The molecule has 7 nitrogen and oxygen atoms in total. The third-order valence-electron chi connectivity index (χ3n) is 4.25. The summed E-state index contributed by atoms with van der Waals surface area (Å²) in [6.07, 6.45) is 1.82. The number of benzene rings is 1. The number of aryl methyl sites for hydroxylation is 1. The second-order valence-corrected chi connectivity index (χ2v) is 8.43. The molecule has 0 radical (unpaired) electrons. The minimum absolute atomic E-state index is 0.296. The smallest absolute Gasteiger partial charge is 0.246 e. The van der Waals surface area contributed by atoms with E-state index in [1.807, 2.05) is 0 Å². The Bertz CT molecular complexity index is 761. The molecule has 1 atom stereocenters. The Kier molecular flexibility index (Phi) is 5.95. The SMILES string of the molecule is Cc1ccc(Cl)cc1N([C@@H](C)C(=O)N1CCN(C=O)CC1)S(C)(=O)=O. The molecule has 1 aliphatic heterocycles. The molecule has 0 spiro atoms. The van der Waals surface area contributed by atoms with Crippen LogP contribution >= 0.6 is 11.6 Å². The van der Waals surface area contributed by atoms with Crippen LogP contribution in [0.2, 0.25) is 5.02 Å². The van der Waals surface area contributed by atoms with Gasteiger partial charge in [-0.3, -0.25) is 13.9 Å². The van der Waals surface area contributed by atoms with Gasteiger partial charge in [0, 0.05) is 31.2 Å². The number of hydrogen-bond donors (Lipinski definition) is 0. The first kappa shape index (κ1) is 19.5. The van der Waals surface area contributed by atoms with Gasteiger partial charge in [0.15, 0.2) is 0 Å². The molecule has 0 aromatic heterocycles. The van der Waals surface area contributed by atoms with Gasteiger partial charge < -0.3 is 9.80 Å². The van der Waals surface area contributed by atoms with E-state index in [1.165, 1.54) is 0 Å². The summed E-state index contributed by atoms with van der Waals surface area (Å²) in [6.45, 7) is 4.98. The molecule has 1 aromatic rings. The molecule has 2 rings (SSSR count). The lowest BCUT2D eigenvalue weighted by atomic mass is 10.1. The Hall–Kier alpha value is -1.80. The zero-order chi connectivity index (χ0) is 18.8. The minimum Gasteiger partial charge on any atom is -0.342 e. The molecule has 0 saturated carbocycles. The number of hydrogen-bond acceptors (Lipinski definition) is 4. The first-order valence-electron chi connectivity index (χ1n) is 7.89. The highest BCUT2D eigenvalue weighted by Gasteiger charge is 2.34. The van der Waals surface area contributed by atoms with Gasteiger partial charge in [-0.2, -0.15) is 0 Å². The average Bonchev–Trinajstić information content (AvgIpc) is 2.56. The Balaban J connectivity index is 2.31. The molecule has 1 heterocycles. The van der Waals surface area contributed by atoms with Crippen LogP contribution in [0.4, 0.5) is 5.69 Å². The van der Waals surface area contributed by atoms with E-state index in [-0.39, 0.29) is 5.91 Å². The summed E-state index contributed by atoms with van der Waals surface area (Å²) in [5.41, 5.74) is 1.10. The Morgan fingerprint density at radius 3 is 2.40 bits per heavy atom. The van der Waals surface area contributed by atoms with Crippen molar-refractivity contribution in [2.24, 2.45) is 0 Å². The summed E-state index contributed by atoms with van der Waals surface area (Å²) in [7, 11) is -3.69. The van der Waals surface area contributed by atoms with Crippen LogP contribution in [0.3, 0.4) is 0 Å². The second kappa shape index (κ2) is 7.61. The van der Waals surface area contributed by atoms with E-state index in [2.05, 4.69) is 0 Å². The van der Waals surface area contributed by atoms with E-state index in [1.54, 1.807) is 41.8 Å². The maximum Gasteiger partial charge on any atom is 0.246 e. The highest BCUT2D eigenvalue weighted by Crippen LogP contribution is 2.28. The van der Waals surface area contributed by atoms with Gasteiger partial charge in [0.25, 0.3) is 0 Å². The number of sulfonamides is 1. The molecule has 0 bridgehead atoms. The molecular weight excluding hydrogens is 366 g/mol. The van der Waals surface area contributed by atoms with Crippen molar-refractivity contribution in [1.82, 2.24) is 9.80 Å². The van der Waals surface area contributed by atoms with Crippen molar-refractivity contribution in [3.8, 4) is 0 Å². The van der Waals surface area contributed by atoms with E-state index in [0.29, 0.717) is 42.5 Å². The summed E-state index contributed by atoms with van der Waals surface area (Å²) < 4.78 is 25.9. The molecule has 25 heavy (non-hydrogen) atoms. The van der Waals surface area contributed by atoms with Crippen LogP contribution in [0.1, 0.15) is 12.5 Å². The maximum absolute atomic E-state index is 12.8. The van der Waals surface area contributed by atoms with Crippen molar-refractivity contribution in [2.45, 2.75) is 19.9 Å². The molecule has 1 aromatic carbocycles. The molecule has 0 aliphatic carbocycles. The number of carbonyl (C=O) groups excluding carboxylic acids is 2. The lowest BCUT2D eigenvalue weighted by Crippen LogP contribution is -2.55. The highest BCUT2D eigenvalue weighted by atomic mass is 35.5. The lowest BCUT2D eigenvalue weighted by Gasteiger charge is -2.37. The molecule has 2 amide bonds. The van der Waals surface area contributed by atoms with Gasteiger partial charge in [0.2, 0.25) is 22.3 Å². The van der Waals surface area contributed by atoms with Gasteiger partial charge in [-0.05, 0) is 31.5 Å². The van der Waals surface area contributed by atoms with Crippen molar-refractivity contribution in [2.75, 3.05) is 36.7 Å². The van der Waals surface area contributed by atoms with E-state index in [4.69, 9.17) is 11.6 Å². The van der Waals surface area contributed by atoms with Gasteiger partial charge in [-0.1, -0.05) is 17.7 Å². The van der Waals surface area contributed by atoms with E-state index in [0.717, 1.165) is 17.0 Å². The van der Waals surface area contributed by atoms with E-state index >= 15 is 0 Å². The summed E-state index contributed by atoms with van der Waals surface area (Å²) >= 11 is 6.02. The number of halogens is 1. The molecule has 9 heteroatoms.